The van der Waals surface area contributed by atoms with Crippen LogP contribution >= 0.6 is 0 Å². The number of allylic oxidation sites excluding steroid dienone is 4. The Morgan fingerprint density at radius 3 is 0.893 bits per heavy atom. The standard InChI is InChI=1S/C51H75Si.3ClH.Ti/c1-21-34(2)35-22-23-42(24-35)52(43-28-36(46(3,4)5)25-37(29-43)47(6,7)8,44-30-38(48(9,10)11)26-39(31-44)49(12,13)14)45-32-40(50(15,16)17)27-41(33-45)51(18,19)20;;;;/h22-34H,21H2,1-20H3;3*1H;/q;;;;+3/p-3. The van der Waals surface area contributed by atoms with E-state index in [4.69, 9.17) is 0 Å². The zero-order chi connectivity index (χ0) is 40.5. The number of benzene rings is 3. The van der Waals surface area contributed by atoms with Gasteiger partial charge in [-0.05, 0) is 0 Å². The van der Waals surface area contributed by atoms with E-state index in [1.54, 1.807) is 0 Å². The fourth-order valence-electron chi connectivity index (χ4n) is 7.71. The van der Waals surface area contributed by atoms with Gasteiger partial charge in [-0.2, -0.15) is 0 Å². The van der Waals surface area contributed by atoms with Gasteiger partial charge in [-0.3, -0.25) is 0 Å². The number of hydrogen-bond donors (Lipinski definition) is 0. The maximum Gasteiger partial charge on any atom is -1.00 e. The molecule has 0 radical (unpaired) electrons. The van der Waals surface area contributed by atoms with Crippen LogP contribution in [0.15, 0.2) is 78.4 Å². The van der Waals surface area contributed by atoms with Crippen LogP contribution in [0.25, 0.3) is 0 Å². The van der Waals surface area contributed by atoms with Crippen molar-refractivity contribution in [1.29, 1.82) is 0 Å². The van der Waals surface area contributed by atoms with Crippen LogP contribution in [0.4, 0.5) is 0 Å². The zero-order valence-corrected chi connectivity index (χ0v) is 43.7. The summed E-state index contributed by atoms with van der Waals surface area (Å²) in [5.74, 6) is 0.503. The minimum absolute atomic E-state index is 0. The largest absolute Gasteiger partial charge is 1.00 e. The average Bonchev–Trinajstić information content (AvgIpc) is 3.41. The quantitative estimate of drug-likeness (QED) is 0.262. The van der Waals surface area contributed by atoms with Gasteiger partial charge in [0, 0.05) is 0 Å². The van der Waals surface area contributed by atoms with E-state index >= 15 is 0 Å². The summed E-state index contributed by atoms with van der Waals surface area (Å²) in [7, 11) is -3.04. The van der Waals surface area contributed by atoms with Gasteiger partial charge in [0.1, 0.15) is 0 Å². The molecule has 2 unspecified atom stereocenters. The van der Waals surface area contributed by atoms with Crippen LogP contribution in [0.1, 0.15) is 178 Å². The first kappa shape index (κ1) is 53.0. The van der Waals surface area contributed by atoms with Gasteiger partial charge in [-0.25, -0.2) is 0 Å². The molecule has 0 bridgehead atoms. The Bertz CT molecular complexity index is 1610. The van der Waals surface area contributed by atoms with E-state index < -0.39 is 8.07 Å². The molecule has 0 saturated heterocycles. The molecule has 5 heteroatoms. The molecule has 0 fully saturated rings. The van der Waals surface area contributed by atoms with Gasteiger partial charge in [0.2, 0.25) is 0 Å². The molecule has 56 heavy (non-hydrogen) atoms. The van der Waals surface area contributed by atoms with Crippen LogP contribution in [0, 0.1) is 5.92 Å². The summed E-state index contributed by atoms with van der Waals surface area (Å²) in [6, 6.07) is 23.5. The van der Waals surface area contributed by atoms with Crippen molar-refractivity contribution in [3.8, 4) is 0 Å². The van der Waals surface area contributed by atoms with E-state index in [1.807, 2.05) is 0 Å². The minimum atomic E-state index is -3.04. The molecule has 0 amide bonds. The van der Waals surface area contributed by atoms with Crippen molar-refractivity contribution < 1.29 is 57.7 Å². The summed E-state index contributed by atoms with van der Waals surface area (Å²) in [6.07, 6.45) is 9.01. The predicted octanol–water partition coefficient (Wildman–Crippen LogP) is 3.74. The van der Waals surface area contributed by atoms with E-state index in [-0.39, 0.29) is 73.1 Å². The first-order chi connectivity index (χ1) is 23.7. The van der Waals surface area contributed by atoms with Crippen LogP contribution in [0.2, 0.25) is 3.34 Å². The van der Waals surface area contributed by atoms with Crippen molar-refractivity contribution in [2.75, 3.05) is 0 Å². The molecule has 0 aromatic heterocycles. The molecule has 2 atom stereocenters. The van der Waals surface area contributed by atoms with Crippen LogP contribution in [-0.4, -0.2) is 8.07 Å². The van der Waals surface area contributed by atoms with Crippen LogP contribution < -0.4 is 52.8 Å². The second-order valence-corrected chi connectivity index (χ2v) is 28.9. The minimum Gasteiger partial charge on any atom is -1.00 e. The Labute approximate surface area is 377 Å². The maximum absolute atomic E-state index is 3.04. The first-order valence-corrected chi connectivity index (χ1v) is 23.2. The Morgan fingerprint density at radius 2 is 0.696 bits per heavy atom. The van der Waals surface area contributed by atoms with Crippen molar-refractivity contribution in [1.82, 2.24) is 0 Å². The molecule has 0 spiro atoms. The summed E-state index contributed by atoms with van der Waals surface area (Å²) in [5, 5.41) is 4.58. The predicted molar refractivity (Wildman–Crippen MR) is 236 cm³/mol. The van der Waals surface area contributed by atoms with Crippen molar-refractivity contribution in [2.24, 2.45) is 5.92 Å². The summed E-state index contributed by atoms with van der Waals surface area (Å²) in [5.41, 5.74) is 10.0. The third-order valence-electron chi connectivity index (χ3n) is 12.0. The molecular formula is C51H75Cl3SiTi. The third-order valence-corrected chi connectivity index (χ3v) is 19.3. The average molecular weight is 870 g/mol. The van der Waals surface area contributed by atoms with Gasteiger partial charge < -0.3 is 37.2 Å². The molecule has 1 aliphatic rings. The molecular weight excluding hydrogens is 795 g/mol. The van der Waals surface area contributed by atoms with Gasteiger partial charge in [-0.15, -0.1) is 0 Å². The van der Waals surface area contributed by atoms with Crippen molar-refractivity contribution in [2.45, 2.75) is 181 Å². The van der Waals surface area contributed by atoms with E-state index in [1.165, 1.54) is 54.5 Å². The topological polar surface area (TPSA) is 0 Å². The molecule has 308 valence electrons. The van der Waals surface area contributed by atoms with Crippen molar-refractivity contribution >= 4 is 23.6 Å². The van der Waals surface area contributed by atoms with Crippen LogP contribution in [0.3, 0.4) is 0 Å². The molecule has 0 heterocycles. The number of rotatable bonds is 6. The fourth-order valence-corrected chi connectivity index (χ4v) is 15.5. The van der Waals surface area contributed by atoms with Gasteiger partial charge in [0.05, 0.1) is 0 Å². The van der Waals surface area contributed by atoms with Crippen molar-refractivity contribution in [3.63, 3.8) is 0 Å². The monoisotopic (exact) mass is 868 g/mol. The van der Waals surface area contributed by atoms with Crippen LogP contribution in [0.5, 0.6) is 0 Å². The molecule has 4 rings (SSSR count). The van der Waals surface area contributed by atoms with E-state index in [9.17, 15) is 0 Å². The Balaban J connectivity index is 0.00000523. The number of halogens is 3. The summed E-state index contributed by atoms with van der Waals surface area (Å²) >= 11 is 2.60. The second-order valence-electron chi connectivity index (χ2n) is 22.8. The summed E-state index contributed by atoms with van der Waals surface area (Å²) < 4.78 is -0.227. The third kappa shape index (κ3) is 10.8. The molecule has 0 N–H and O–H groups in total. The number of hydrogen-bond acceptors (Lipinski definition) is 0. The summed E-state index contributed by atoms with van der Waals surface area (Å²) in [6.45, 7) is 47.9. The van der Waals surface area contributed by atoms with Gasteiger partial charge in [0.15, 0.2) is 0 Å². The Hall–Kier alpha value is -1.06. The maximum atomic E-state index is 2.73. The smallest absolute Gasteiger partial charge is 1.00 e. The summed E-state index contributed by atoms with van der Waals surface area (Å²) in [4.78, 5) is 0. The van der Waals surface area contributed by atoms with E-state index in [0.717, 1.165) is 6.42 Å². The normalized spacial score (nSPS) is 17.4. The molecule has 0 saturated carbocycles. The second kappa shape index (κ2) is 17.5. The Morgan fingerprint density at radius 1 is 0.464 bits per heavy atom. The molecule has 3 aromatic rings. The molecule has 3 aromatic carbocycles. The van der Waals surface area contributed by atoms with E-state index in [0.29, 0.717) is 5.92 Å². The van der Waals surface area contributed by atoms with Gasteiger partial charge >= 0.3 is 342 Å². The Kier molecular flexibility index (Phi) is 16.6. The van der Waals surface area contributed by atoms with Crippen LogP contribution in [-0.2, 0) is 52.9 Å². The first-order valence-electron chi connectivity index (χ1n) is 20.4. The van der Waals surface area contributed by atoms with Gasteiger partial charge in [-0.1, -0.05) is 0 Å². The molecule has 0 nitrogen and oxygen atoms in total. The van der Waals surface area contributed by atoms with Crippen molar-refractivity contribution in [3.05, 3.63) is 112 Å². The zero-order valence-electron chi connectivity index (χ0n) is 38.8. The molecule has 1 aliphatic carbocycles. The van der Waals surface area contributed by atoms with Gasteiger partial charge in [0.25, 0.3) is 0 Å². The molecule has 0 aliphatic heterocycles. The fraction of sp³-hybridized carbons (Fsp3) is 0.569. The SMILES string of the molecule is CCC(C)C1=C[C]([Ti+3])([Si](c2cc(C(C)(C)C)cc(C(C)(C)C)c2)(c2cc(C(C)(C)C)cc(C(C)(C)C)c2)c2cc(C(C)(C)C)cc(C(C)(C)C)c2)C=C1.[Cl-].[Cl-].[Cl-]. The van der Waals surface area contributed by atoms with E-state index in [2.05, 4.69) is 232 Å².